The quantitative estimate of drug-likeness (QED) is 0.290. The monoisotopic (exact) mass is 514 g/mol. The van der Waals surface area contributed by atoms with Crippen molar-refractivity contribution in [3.8, 4) is 5.75 Å². The predicted octanol–water partition coefficient (Wildman–Crippen LogP) is 4.86. The molecule has 1 N–H and O–H groups in total. The summed E-state index contributed by atoms with van der Waals surface area (Å²) >= 11 is 5.97. The molecule has 0 spiro atoms. The third-order valence-corrected chi connectivity index (χ3v) is 6.93. The third kappa shape index (κ3) is 6.67. The van der Waals surface area contributed by atoms with E-state index in [2.05, 4.69) is 16.8 Å². The molecule has 1 aliphatic heterocycles. The van der Waals surface area contributed by atoms with Gasteiger partial charge in [-0.2, -0.15) is 0 Å². The van der Waals surface area contributed by atoms with Gasteiger partial charge in [0.15, 0.2) is 0 Å². The summed E-state index contributed by atoms with van der Waals surface area (Å²) in [5, 5.41) is 15.3. The fourth-order valence-corrected chi connectivity index (χ4v) is 4.82. The molecule has 0 unspecified atom stereocenters. The zero-order chi connectivity index (χ0) is 25.5. The number of ether oxygens (including phenoxy) is 2. The average Bonchev–Trinajstić information content (AvgIpc) is 2.89. The van der Waals surface area contributed by atoms with Gasteiger partial charge in [0.25, 0.3) is 0 Å². The number of hydrogen-bond donors (Lipinski definition) is 1. The molecule has 2 fully saturated rings. The Bertz CT molecular complexity index is 1060. The Kier molecular flexibility index (Phi) is 8.66. The lowest BCUT2D eigenvalue weighted by Gasteiger charge is -2.36. The summed E-state index contributed by atoms with van der Waals surface area (Å²) in [6.45, 7) is 6.50. The standard InChI is InChI=1S/C26H31ClN4O5/c1-2-35-25-17-21(7-12-24(25)31(33)34)28-20-5-10-23(11-6-20)36-18-26(32)30-15-13-29(14-16-30)22-8-3-19(27)4-9-22/h2-4,7-9,12,17,20,23,28H,1,5-6,10-11,13-16,18H2. The summed E-state index contributed by atoms with van der Waals surface area (Å²) in [4.78, 5) is 27.5. The van der Waals surface area contributed by atoms with Gasteiger partial charge in [-0.3, -0.25) is 14.9 Å². The number of benzene rings is 2. The van der Waals surface area contributed by atoms with Gasteiger partial charge >= 0.3 is 5.69 Å². The SMILES string of the molecule is C=COc1cc(NC2CCC(OCC(=O)N3CCN(c4ccc(Cl)cc4)CC3)CC2)ccc1[N+](=O)[O-]. The topological polar surface area (TPSA) is 97.2 Å². The maximum Gasteiger partial charge on any atom is 0.311 e. The maximum atomic E-state index is 12.7. The minimum atomic E-state index is -0.480. The van der Waals surface area contributed by atoms with E-state index in [1.165, 1.54) is 12.3 Å². The van der Waals surface area contributed by atoms with Crippen molar-refractivity contribution in [1.82, 2.24) is 4.90 Å². The summed E-state index contributed by atoms with van der Waals surface area (Å²) in [6.07, 6.45) is 4.69. The van der Waals surface area contributed by atoms with Crippen LogP contribution in [-0.2, 0) is 9.53 Å². The van der Waals surface area contributed by atoms with E-state index in [9.17, 15) is 14.9 Å². The average molecular weight is 515 g/mol. The Morgan fingerprint density at radius 1 is 1.11 bits per heavy atom. The van der Waals surface area contributed by atoms with Gasteiger partial charge < -0.3 is 24.6 Å². The molecule has 2 aromatic rings. The maximum absolute atomic E-state index is 12.7. The van der Waals surface area contributed by atoms with Crippen molar-refractivity contribution in [2.45, 2.75) is 37.8 Å². The number of nitrogens with zero attached hydrogens (tertiary/aromatic N) is 3. The van der Waals surface area contributed by atoms with Crippen molar-refractivity contribution < 1.29 is 19.2 Å². The highest BCUT2D eigenvalue weighted by molar-refractivity contribution is 6.30. The Labute approximate surface area is 215 Å². The number of nitrogens with one attached hydrogen (secondary N) is 1. The lowest BCUT2D eigenvalue weighted by Crippen LogP contribution is -2.50. The molecule has 1 saturated heterocycles. The third-order valence-electron chi connectivity index (χ3n) is 6.68. The molecule has 0 radical (unpaired) electrons. The Morgan fingerprint density at radius 3 is 2.44 bits per heavy atom. The largest absolute Gasteiger partial charge is 0.458 e. The normalized spacial score (nSPS) is 20.0. The van der Waals surface area contributed by atoms with E-state index in [1.54, 1.807) is 12.1 Å². The first-order chi connectivity index (χ1) is 17.4. The highest BCUT2D eigenvalue weighted by atomic mass is 35.5. The molecule has 0 bridgehead atoms. The van der Waals surface area contributed by atoms with Gasteiger partial charge in [-0.1, -0.05) is 18.2 Å². The van der Waals surface area contributed by atoms with E-state index in [0.717, 1.165) is 50.1 Å². The van der Waals surface area contributed by atoms with E-state index in [-0.39, 0.29) is 36.1 Å². The summed E-state index contributed by atoms with van der Waals surface area (Å²) in [6, 6.07) is 12.7. The van der Waals surface area contributed by atoms with E-state index >= 15 is 0 Å². The number of hydrogen-bond acceptors (Lipinski definition) is 7. The zero-order valence-electron chi connectivity index (χ0n) is 20.1. The summed E-state index contributed by atoms with van der Waals surface area (Å²) in [7, 11) is 0. The highest BCUT2D eigenvalue weighted by Crippen LogP contribution is 2.32. The first-order valence-corrected chi connectivity index (χ1v) is 12.5. The van der Waals surface area contributed by atoms with Gasteiger partial charge in [0, 0.05) is 60.8 Å². The zero-order valence-corrected chi connectivity index (χ0v) is 20.9. The van der Waals surface area contributed by atoms with Gasteiger partial charge in [-0.25, -0.2) is 0 Å². The Morgan fingerprint density at radius 2 is 1.81 bits per heavy atom. The van der Waals surface area contributed by atoms with Gasteiger partial charge in [-0.15, -0.1) is 0 Å². The second-order valence-electron chi connectivity index (χ2n) is 9.00. The number of halogens is 1. The number of nitro groups is 1. The molecule has 9 nitrogen and oxygen atoms in total. The number of piperazine rings is 1. The van der Waals surface area contributed by atoms with Gasteiger partial charge in [0.1, 0.15) is 6.61 Å². The van der Waals surface area contributed by atoms with Crippen LogP contribution >= 0.6 is 11.6 Å². The van der Waals surface area contributed by atoms with Crippen molar-refractivity contribution in [3.05, 3.63) is 70.4 Å². The lowest BCUT2D eigenvalue weighted by molar-refractivity contribution is -0.385. The Balaban J connectivity index is 1.18. The second kappa shape index (κ2) is 12.1. The van der Waals surface area contributed by atoms with Crippen LogP contribution in [0.25, 0.3) is 0 Å². The number of nitro benzene ring substituents is 1. The summed E-state index contributed by atoms with van der Waals surface area (Å²) in [5.74, 6) is 0.191. The van der Waals surface area contributed by atoms with Crippen LogP contribution in [0.15, 0.2) is 55.3 Å². The summed E-state index contributed by atoms with van der Waals surface area (Å²) < 4.78 is 11.2. The van der Waals surface area contributed by atoms with Crippen molar-refractivity contribution in [3.63, 3.8) is 0 Å². The molecule has 1 aliphatic carbocycles. The predicted molar refractivity (Wildman–Crippen MR) is 140 cm³/mol. The molecule has 1 saturated carbocycles. The van der Waals surface area contributed by atoms with E-state index < -0.39 is 4.92 Å². The minimum absolute atomic E-state index is 0.0339. The Hall–Kier alpha value is -3.30. The number of carbonyl (C=O) groups excluding carboxylic acids is 1. The van der Waals surface area contributed by atoms with Crippen LogP contribution in [0.1, 0.15) is 25.7 Å². The van der Waals surface area contributed by atoms with Crippen LogP contribution in [0.2, 0.25) is 5.02 Å². The van der Waals surface area contributed by atoms with Crippen LogP contribution in [0.3, 0.4) is 0 Å². The van der Waals surface area contributed by atoms with Crippen molar-refractivity contribution >= 4 is 34.6 Å². The van der Waals surface area contributed by atoms with E-state index in [0.29, 0.717) is 18.1 Å². The molecule has 2 aliphatic rings. The molecule has 1 amide bonds. The van der Waals surface area contributed by atoms with Crippen LogP contribution < -0.4 is 15.0 Å². The van der Waals surface area contributed by atoms with Crippen LogP contribution in [0.5, 0.6) is 5.75 Å². The first kappa shape index (κ1) is 25.8. The van der Waals surface area contributed by atoms with Crippen molar-refractivity contribution in [1.29, 1.82) is 0 Å². The van der Waals surface area contributed by atoms with Crippen LogP contribution in [0.4, 0.5) is 17.1 Å². The van der Waals surface area contributed by atoms with Crippen LogP contribution in [-0.4, -0.2) is 60.7 Å². The second-order valence-corrected chi connectivity index (χ2v) is 9.43. The van der Waals surface area contributed by atoms with E-state index in [4.69, 9.17) is 21.1 Å². The van der Waals surface area contributed by atoms with Crippen molar-refractivity contribution in [2.75, 3.05) is 43.0 Å². The van der Waals surface area contributed by atoms with E-state index in [1.807, 2.05) is 29.2 Å². The molecule has 0 atom stereocenters. The molecular formula is C26H31ClN4O5. The molecule has 4 rings (SSSR count). The fourth-order valence-electron chi connectivity index (χ4n) is 4.69. The molecule has 10 heteroatoms. The molecule has 192 valence electrons. The van der Waals surface area contributed by atoms with Gasteiger partial charge in [-0.05, 0) is 56.0 Å². The summed E-state index contributed by atoms with van der Waals surface area (Å²) in [5.41, 5.74) is 1.77. The molecule has 2 aromatic carbocycles. The number of anilines is 2. The smallest absolute Gasteiger partial charge is 0.311 e. The minimum Gasteiger partial charge on any atom is -0.458 e. The molecule has 0 aromatic heterocycles. The molecule has 1 heterocycles. The lowest BCUT2D eigenvalue weighted by atomic mass is 9.92. The van der Waals surface area contributed by atoms with Gasteiger partial charge in [0.2, 0.25) is 11.7 Å². The molecular weight excluding hydrogens is 484 g/mol. The van der Waals surface area contributed by atoms with Crippen molar-refractivity contribution in [2.24, 2.45) is 0 Å². The number of carbonyl (C=O) groups is 1. The van der Waals surface area contributed by atoms with Gasteiger partial charge in [0.05, 0.1) is 17.3 Å². The number of amides is 1. The first-order valence-electron chi connectivity index (χ1n) is 12.2. The van der Waals surface area contributed by atoms with Crippen LogP contribution in [0, 0.1) is 10.1 Å². The highest BCUT2D eigenvalue weighted by Gasteiger charge is 2.26. The fraction of sp³-hybridized carbons (Fsp3) is 0.423. The number of rotatable bonds is 9. The molecule has 36 heavy (non-hydrogen) atoms.